The van der Waals surface area contributed by atoms with Crippen molar-refractivity contribution < 1.29 is 0 Å². The second-order valence-electron chi connectivity index (χ2n) is 3.09. The van der Waals surface area contributed by atoms with Crippen molar-refractivity contribution in [3.8, 4) is 0 Å². The summed E-state index contributed by atoms with van der Waals surface area (Å²) < 4.78 is 0. The molecule has 4 N–H and O–H groups in total. The number of nitrogens with zero attached hydrogens (tertiary/aromatic N) is 3. The highest BCUT2D eigenvalue weighted by Gasteiger charge is 1.97. The molecular weight excluding hydrogens is 190 g/mol. The number of para-hydroxylation sites is 2. The standard InChI is InChI=1S/C10H11N5/c11-10(12)14-6-7-5-13-8-3-1-2-4-9(8)15-7/h1-5H,6H2,(H4,11,12,14). The summed E-state index contributed by atoms with van der Waals surface area (Å²) in [6, 6.07) is 7.65. The van der Waals surface area contributed by atoms with Crippen molar-refractivity contribution >= 4 is 17.0 Å². The van der Waals surface area contributed by atoms with Crippen LogP contribution >= 0.6 is 0 Å². The highest BCUT2D eigenvalue weighted by molar-refractivity contribution is 5.76. The highest BCUT2D eigenvalue weighted by Crippen LogP contribution is 2.08. The molecular formula is C10H11N5. The summed E-state index contributed by atoms with van der Waals surface area (Å²) in [5, 5.41) is 0. The first-order valence-corrected chi connectivity index (χ1v) is 4.52. The Morgan fingerprint density at radius 2 is 1.93 bits per heavy atom. The Labute approximate surface area is 86.9 Å². The first-order valence-electron chi connectivity index (χ1n) is 4.52. The molecule has 0 radical (unpaired) electrons. The van der Waals surface area contributed by atoms with Gasteiger partial charge in [-0.05, 0) is 12.1 Å². The molecule has 5 heteroatoms. The number of nitrogens with two attached hydrogens (primary N) is 2. The summed E-state index contributed by atoms with van der Waals surface area (Å²) in [4.78, 5) is 12.5. The van der Waals surface area contributed by atoms with E-state index in [2.05, 4.69) is 15.0 Å². The third-order valence-electron chi connectivity index (χ3n) is 1.92. The van der Waals surface area contributed by atoms with E-state index in [9.17, 15) is 0 Å². The number of guanidine groups is 1. The van der Waals surface area contributed by atoms with Gasteiger partial charge in [-0.15, -0.1) is 0 Å². The number of aromatic nitrogens is 2. The van der Waals surface area contributed by atoms with Gasteiger partial charge in [-0.1, -0.05) is 12.1 Å². The molecule has 15 heavy (non-hydrogen) atoms. The number of hydrogen-bond donors (Lipinski definition) is 2. The minimum absolute atomic E-state index is 0.0601. The summed E-state index contributed by atoms with van der Waals surface area (Å²) in [5.41, 5.74) is 12.9. The fraction of sp³-hybridized carbons (Fsp3) is 0.100. The zero-order valence-electron chi connectivity index (χ0n) is 8.09. The fourth-order valence-corrected chi connectivity index (χ4v) is 1.24. The molecule has 0 bridgehead atoms. The van der Waals surface area contributed by atoms with Gasteiger partial charge in [0.15, 0.2) is 5.96 Å². The number of fused-ring (bicyclic) bond motifs is 1. The van der Waals surface area contributed by atoms with E-state index in [1.807, 2.05) is 24.3 Å². The molecule has 2 rings (SSSR count). The Kier molecular flexibility index (Phi) is 2.45. The van der Waals surface area contributed by atoms with Gasteiger partial charge in [-0.2, -0.15) is 0 Å². The lowest BCUT2D eigenvalue weighted by molar-refractivity contribution is 0.979. The highest BCUT2D eigenvalue weighted by atomic mass is 15.0. The molecule has 0 aliphatic heterocycles. The number of benzene rings is 1. The third-order valence-corrected chi connectivity index (χ3v) is 1.92. The normalized spacial score (nSPS) is 10.1. The van der Waals surface area contributed by atoms with Crippen LogP contribution < -0.4 is 11.5 Å². The Morgan fingerprint density at radius 3 is 2.67 bits per heavy atom. The Bertz CT molecular complexity index is 502. The molecule has 2 aromatic rings. The lowest BCUT2D eigenvalue weighted by Crippen LogP contribution is -2.22. The van der Waals surface area contributed by atoms with Crippen molar-refractivity contribution in [1.29, 1.82) is 0 Å². The van der Waals surface area contributed by atoms with Crippen molar-refractivity contribution in [2.75, 3.05) is 0 Å². The maximum atomic E-state index is 5.23. The van der Waals surface area contributed by atoms with Crippen LogP contribution in [0.15, 0.2) is 35.5 Å². The maximum absolute atomic E-state index is 5.23. The number of rotatable bonds is 2. The van der Waals surface area contributed by atoms with Crippen LogP contribution in [0.2, 0.25) is 0 Å². The van der Waals surface area contributed by atoms with Crippen LogP contribution in [0.5, 0.6) is 0 Å². The second-order valence-corrected chi connectivity index (χ2v) is 3.09. The van der Waals surface area contributed by atoms with Crippen LogP contribution in [-0.2, 0) is 6.54 Å². The summed E-state index contributed by atoms with van der Waals surface area (Å²) in [5.74, 6) is 0.0601. The van der Waals surface area contributed by atoms with Crippen molar-refractivity contribution in [2.24, 2.45) is 16.5 Å². The smallest absolute Gasteiger partial charge is 0.186 e. The molecule has 76 valence electrons. The van der Waals surface area contributed by atoms with Gasteiger partial charge < -0.3 is 11.5 Å². The van der Waals surface area contributed by atoms with Crippen molar-refractivity contribution in [1.82, 2.24) is 9.97 Å². The molecule has 1 aromatic carbocycles. The minimum atomic E-state index is 0.0601. The molecule has 1 aromatic heterocycles. The van der Waals surface area contributed by atoms with E-state index in [4.69, 9.17) is 11.5 Å². The molecule has 0 aliphatic rings. The van der Waals surface area contributed by atoms with Crippen LogP contribution in [0.4, 0.5) is 0 Å². The molecule has 1 heterocycles. The molecule has 0 saturated carbocycles. The summed E-state index contributed by atoms with van der Waals surface area (Å²) >= 11 is 0. The van der Waals surface area contributed by atoms with Gasteiger partial charge in [0, 0.05) is 0 Å². The third kappa shape index (κ3) is 2.19. The van der Waals surface area contributed by atoms with Gasteiger partial charge >= 0.3 is 0 Å². The van der Waals surface area contributed by atoms with E-state index < -0.39 is 0 Å². The monoisotopic (exact) mass is 201 g/mol. The van der Waals surface area contributed by atoms with Gasteiger partial charge in [0.25, 0.3) is 0 Å². The van der Waals surface area contributed by atoms with Crippen LogP contribution in [0.1, 0.15) is 5.69 Å². The Balaban J connectivity index is 2.34. The van der Waals surface area contributed by atoms with E-state index in [0.29, 0.717) is 6.54 Å². The van der Waals surface area contributed by atoms with Gasteiger partial charge in [0.1, 0.15) is 0 Å². The Morgan fingerprint density at radius 1 is 1.20 bits per heavy atom. The predicted octanol–water partition coefficient (Wildman–Crippen LogP) is 0.403. The first-order chi connectivity index (χ1) is 7.25. The van der Waals surface area contributed by atoms with E-state index in [0.717, 1.165) is 16.7 Å². The fourth-order valence-electron chi connectivity index (χ4n) is 1.24. The molecule has 0 atom stereocenters. The molecule has 0 saturated heterocycles. The van der Waals surface area contributed by atoms with Crippen LogP contribution in [-0.4, -0.2) is 15.9 Å². The van der Waals surface area contributed by atoms with Gasteiger partial charge in [0.05, 0.1) is 29.5 Å². The maximum Gasteiger partial charge on any atom is 0.186 e. The summed E-state index contributed by atoms with van der Waals surface area (Å²) in [6.45, 7) is 0.361. The predicted molar refractivity (Wildman–Crippen MR) is 59.1 cm³/mol. The van der Waals surface area contributed by atoms with Crippen LogP contribution in [0.25, 0.3) is 11.0 Å². The average molecular weight is 201 g/mol. The lowest BCUT2D eigenvalue weighted by Gasteiger charge is -1.99. The first kappa shape index (κ1) is 9.39. The van der Waals surface area contributed by atoms with Gasteiger partial charge in [0.2, 0.25) is 0 Å². The van der Waals surface area contributed by atoms with Gasteiger partial charge in [-0.3, -0.25) is 4.98 Å². The Hall–Kier alpha value is -2.17. The summed E-state index contributed by atoms with van der Waals surface area (Å²) in [6.07, 6.45) is 1.68. The van der Waals surface area contributed by atoms with Crippen molar-refractivity contribution in [3.63, 3.8) is 0 Å². The largest absolute Gasteiger partial charge is 0.370 e. The quantitative estimate of drug-likeness (QED) is 0.543. The van der Waals surface area contributed by atoms with E-state index >= 15 is 0 Å². The zero-order chi connectivity index (χ0) is 10.7. The number of hydrogen-bond acceptors (Lipinski definition) is 3. The van der Waals surface area contributed by atoms with Crippen molar-refractivity contribution in [3.05, 3.63) is 36.2 Å². The van der Waals surface area contributed by atoms with Crippen LogP contribution in [0, 0.1) is 0 Å². The molecule has 0 spiro atoms. The molecule has 0 amide bonds. The number of aliphatic imine (C=N–C) groups is 1. The van der Waals surface area contributed by atoms with Gasteiger partial charge in [-0.25, -0.2) is 9.98 Å². The SMILES string of the molecule is NC(N)=NCc1cnc2ccccc2n1. The molecule has 0 unspecified atom stereocenters. The van der Waals surface area contributed by atoms with E-state index in [-0.39, 0.29) is 5.96 Å². The van der Waals surface area contributed by atoms with Crippen LogP contribution in [0.3, 0.4) is 0 Å². The zero-order valence-corrected chi connectivity index (χ0v) is 8.09. The minimum Gasteiger partial charge on any atom is -0.370 e. The molecule has 0 aliphatic carbocycles. The average Bonchev–Trinajstić information content (AvgIpc) is 2.26. The van der Waals surface area contributed by atoms with E-state index in [1.54, 1.807) is 6.20 Å². The molecule has 0 fully saturated rings. The lowest BCUT2D eigenvalue weighted by atomic mass is 10.3. The molecule has 5 nitrogen and oxygen atoms in total. The second kappa shape index (κ2) is 3.91. The topological polar surface area (TPSA) is 90.2 Å². The van der Waals surface area contributed by atoms with Crippen molar-refractivity contribution in [2.45, 2.75) is 6.54 Å². The summed E-state index contributed by atoms with van der Waals surface area (Å²) in [7, 11) is 0. The van der Waals surface area contributed by atoms with E-state index in [1.165, 1.54) is 0 Å².